The Hall–Kier alpha value is -3.58. The number of hydroxylamine groups is 1. The maximum absolute atomic E-state index is 13.4. The second-order valence-electron chi connectivity index (χ2n) is 12.4. The van der Waals surface area contributed by atoms with Crippen molar-refractivity contribution in [1.29, 1.82) is 0 Å². The number of benzene rings is 2. The topological polar surface area (TPSA) is 179 Å². The molecule has 0 spiro atoms. The zero-order chi connectivity index (χ0) is 33.7. The summed E-state index contributed by atoms with van der Waals surface area (Å²) in [6.07, 6.45) is 4.33. The van der Waals surface area contributed by atoms with E-state index in [0.29, 0.717) is 6.42 Å². The van der Waals surface area contributed by atoms with E-state index in [2.05, 4.69) is 5.43 Å². The van der Waals surface area contributed by atoms with Crippen LogP contribution in [0.15, 0.2) is 65.6 Å². The molecule has 0 saturated carbocycles. The van der Waals surface area contributed by atoms with Gasteiger partial charge in [0, 0.05) is 6.54 Å². The zero-order valence-corrected chi connectivity index (χ0v) is 27.5. The fourth-order valence-corrected chi connectivity index (χ4v) is 4.71. The van der Waals surface area contributed by atoms with Gasteiger partial charge >= 0.3 is 0 Å². The summed E-state index contributed by atoms with van der Waals surface area (Å²) in [6, 6.07) is 14.8. The zero-order valence-electron chi connectivity index (χ0n) is 26.7. The van der Waals surface area contributed by atoms with E-state index in [1.807, 2.05) is 84.0 Å². The monoisotopic (exact) mass is 632 g/mol. The number of hydrogen-bond acceptors (Lipinski definition) is 7. The van der Waals surface area contributed by atoms with Crippen molar-refractivity contribution in [3.63, 3.8) is 0 Å². The van der Waals surface area contributed by atoms with Crippen LogP contribution in [0.5, 0.6) is 0 Å². The smallest absolute Gasteiger partial charge is 0.294 e. The standard InChI is InChI=1S/C25H40N4O4.C7H8O3S/c1-17(2)15-21(22(30)27-29(16-25(4,5)6)24(32)18(3)26)20(23(31)28-33)14-10-13-19-11-8-7-9-12-19;1-6-2-4-7(5-3-6)11(8,9)10/h7-13,17-18,20-21,33H,14-16,26H2,1-6H3,(H,27,30)(H,28,31);2-5H,1H3,(H,8,9,10)/t18-,20+,21-;/m1./s1. The summed E-state index contributed by atoms with van der Waals surface area (Å²) >= 11 is 0. The van der Waals surface area contributed by atoms with E-state index in [9.17, 15) is 28.0 Å². The van der Waals surface area contributed by atoms with Crippen molar-refractivity contribution in [2.24, 2.45) is 28.9 Å². The van der Waals surface area contributed by atoms with E-state index >= 15 is 0 Å². The van der Waals surface area contributed by atoms with Crippen molar-refractivity contribution < 1.29 is 32.6 Å². The van der Waals surface area contributed by atoms with Gasteiger partial charge in [0.25, 0.3) is 16.0 Å². The molecule has 2 rings (SSSR count). The van der Waals surface area contributed by atoms with Crippen molar-refractivity contribution in [2.45, 2.75) is 72.2 Å². The maximum atomic E-state index is 13.4. The fourth-order valence-electron chi connectivity index (χ4n) is 4.23. The highest BCUT2D eigenvalue weighted by atomic mass is 32.2. The molecule has 0 aromatic heterocycles. The molecule has 0 heterocycles. The van der Waals surface area contributed by atoms with Gasteiger partial charge in [-0.15, -0.1) is 0 Å². The van der Waals surface area contributed by atoms with Crippen LogP contribution < -0.4 is 16.6 Å². The van der Waals surface area contributed by atoms with Gasteiger partial charge in [-0.2, -0.15) is 8.42 Å². The molecule has 3 amide bonds. The molecule has 12 heteroatoms. The summed E-state index contributed by atoms with van der Waals surface area (Å²) in [6.45, 7) is 13.4. The minimum atomic E-state index is -4.02. The number of nitrogens with two attached hydrogens (primary N) is 1. The van der Waals surface area contributed by atoms with E-state index < -0.39 is 45.7 Å². The van der Waals surface area contributed by atoms with Gasteiger partial charge in [0.15, 0.2) is 0 Å². The molecule has 0 aliphatic carbocycles. The molecule has 0 radical (unpaired) electrons. The first-order valence-electron chi connectivity index (χ1n) is 14.4. The summed E-state index contributed by atoms with van der Waals surface area (Å²) in [5.74, 6) is -2.99. The molecule has 0 aliphatic heterocycles. The quantitative estimate of drug-likeness (QED) is 0.138. The number of carbonyl (C=O) groups excluding carboxylic acids is 3. The predicted octanol–water partition coefficient (Wildman–Crippen LogP) is 4.37. The Kier molecular flexibility index (Phi) is 15.4. The van der Waals surface area contributed by atoms with Gasteiger partial charge < -0.3 is 5.73 Å². The molecular formula is C32H48N4O7S. The van der Waals surface area contributed by atoms with Crippen LogP contribution in [-0.4, -0.2) is 53.5 Å². The first-order chi connectivity index (χ1) is 20.4. The van der Waals surface area contributed by atoms with Crippen LogP contribution in [0.4, 0.5) is 0 Å². The number of hydrazine groups is 1. The lowest BCUT2D eigenvalue weighted by Crippen LogP contribution is -2.56. The second-order valence-corrected chi connectivity index (χ2v) is 13.8. The van der Waals surface area contributed by atoms with Gasteiger partial charge in [-0.3, -0.25) is 34.6 Å². The number of nitrogens with zero attached hydrogens (tertiary/aromatic N) is 1. The van der Waals surface area contributed by atoms with E-state index in [4.69, 9.17) is 10.3 Å². The van der Waals surface area contributed by atoms with Crippen LogP contribution in [0.2, 0.25) is 0 Å². The van der Waals surface area contributed by atoms with E-state index in [-0.39, 0.29) is 29.2 Å². The molecule has 0 aliphatic rings. The molecular weight excluding hydrogens is 584 g/mol. The molecule has 6 N–H and O–H groups in total. The molecule has 44 heavy (non-hydrogen) atoms. The molecule has 0 bridgehead atoms. The van der Waals surface area contributed by atoms with Crippen LogP contribution in [0.25, 0.3) is 6.08 Å². The Bertz CT molecular complexity index is 1340. The SMILES string of the molecule is CC(C)C[C@@H](C(=O)NN(CC(C)(C)C)C(=O)[C@@H](C)N)[C@H](CC=Cc1ccccc1)C(=O)NO.Cc1ccc(S(=O)(=O)O)cc1. The highest BCUT2D eigenvalue weighted by Crippen LogP contribution is 2.26. The lowest BCUT2D eigenvalue weighted by molar-refractivity contribution is -0.149. The van der Waals surface area contributed by atoms with Crippen LogP contribution in [0.3, 0.4) is 0 Å². The number of hydrogen-bond donors (Lipinski definition) is 5. The van der Waals surface area contributed by atoms with Crippen LogP contribution >= 0.6 is 0 Å². The van der Waals surface area contributed by atoms with Gasteiger partial charge in [0.05, 0.1) is 22.8 Å². The maximum Gasteiger partial charge on any atom is 0.294 e. The predicted molar refractivity (Wildman–Crippen MR) is 170 cm³/mol. The Balaban J connectivity index is 0.000000733. The van der Waals surface area contributed by atoms with Gasteiger partial charge in [0.2, 0.25) is 11.8 Å². The number of allylic oxidation sites excluding steroid dienone is 1. The van der Waals surface area contributed by atoms with Gasteiger partial charge in [-0.1, -0.05) is 94.8 Å². The first kappa shape index (κ1) is 38.4. The van der Waals surface area contributed by atoms with Crippen LogP contribution in [0.1, 0.15) is 65.5 Å². The van der Waals surface area contributed by atoms with Crippen molar-refractivity contribution >= 4 is 33.9 Å². The Morgan fingerprint density at radius 1 is 0.955 bits per heavy atom. The van der Waals surface area contributed by atoms with Crippen LogP contribution in [-0.2, 0) is 24.5 Å². The Labute approximate surface area is 261 Å². The lowest BCUT2D eigenvalue weighted by Gasteiger charge is -2.34. The van der Waals surface area contributed by atoms with Crippen molar-refractivity contribution in [3.8, 4) is 0 Å². The summed E-state index contributed by atoms with van der Waals surface area (Å²) in [5.41, 5.74) is 11.8. The molecule has 0 saturated heterocycles. The third-order valence-electron chi connectivity index (χ3n) is 6.35. The molecule has 3 atom stereocenters. The third-order valence-corrected chi connectivity index (χ3v) is 7.21. The third kappa shape index (κ3) is 14.3. The summed E-state index contributed by atoms with van der Waals surface area (Å²) in [5, 5.41) is 10.6. The number of nitrogens with one attached hydrogen (secondary N) is 2. The first-order valence-corrected chi connectivity index (χ1v) is 15.9. The lowest BCUT2D eigenvalue weighted by atomic mass is 9.82. The van der Waals surface area contributed by atoms with E-state index in [0.717, 1.165) is 11.1 Å². The number of rotatable bonds is 11. The largest absolute Gasteiger partial charge is 0.320 e. The van der Waals surface area contributed by atoms with Crippen molar-refractivity contribution in [3.05, 3.63) is 71.8 Å². The van der Waals surface area contributed by atoms with Gasteiger partial charge in [-0.25, -0.2) is 5.48 Å². The van der Waals surface area contributed by atoms with Gasteiger partial charge in [-0.05, 0) is 55.7 Å². The Morgan fingerprint density at radius 2 is 1.52 bits per heavy atom. The normalized spacial score (nSPS) is 13.8. The Morgan fingerprint density at radius 3 is 1.98 bits per heavy atom. The number of amides is 3. The minimum absolute atomic E-state index is 0.0666. The number of aryl methyl sites for hydroxylation is 1. The number of carbonyl (C=O) groups is 3. The minimum Gasteiger partial charge on any atom is -0.320 e. The van der Waals surface area contributed by atoms with Crippen LogP contribution in [0, 0.1) is 30.1 Å². The fraction of sp³-hybridized carbons (Fsp3) is 0.469. The van der Waals surface area contributed by atoms with E-state index in [1.54, 1.807) is 24.5 Å². The molecule has 11 nitrogen and oxygen atoms in total. The molecule has 2 aromatic rings. The molecule has 0 fully saturated rings. The van der Waals surface area contributed by atoms with Gasteiger partial charge in [0.1, 0.15) is 0 Å². The average Bonchev–Trinajstić information content (AvgIpc) is 2.93. The summed E-state index contributed by atoms with van der Waals surface area (Å²) < 4.78 is 29.6. The highest BCUT2D eigenvalue weighted by molar-refractivity contribution is 7.85. The highest BCUT2D eigenvalue weighted by Gasteiger charge is 2.35. The summed E-state index contributed by atoms with van der Waals surface area (Å²) in [4.78, 5) is 38.5. The van der Waals surface area contributed by atoms with E-state index in [1.165, 1.54) is 17.1 Å². The van der Waals surface area contributed by atoms with Crippen molar-refractivity contribution in [1.82, 2.24) is 15.9 Å². The summed E-state index contributed by atoms with van der Waals surface area (Å²) in [7, 11) is -4.02. The molecule has 0 unspecified atom stereocenters. The molecule has 244 valence electrons. The molecule has 2 aromatic carbocycles. The second kappa shape index (κ2) is 17.6. The average molecular weight is 633 g/mol. The van der Waals surface area contributed by atoms with Crippen molar-refractivity contribution in [2.75, 3.05) is 6.54 Å².